The van der Waals surface area contributed by atoms with Crippen LogP contribution < -0.4 is 16.0 Å². The molecule has 24 heavy (non-hydrogen) atoms. The maximum absolute atomic E-state index is 12.6. The molecule has 1 aromatic rings. The fraction of sp³-hybridized carbons (Fsp3) is 0.579. The van der Waals surface area contributed by atoms with Crippen molar-refractivity contribution in [1.29, 1.82) is 0 Å². The van der Waals surface area contributed by atoms with Gasteiger partial charge in [-0.3, -0.25) is 9.59 Å². The van der Waals surface area contributed by atoms with Gasteiger partial charge in [0, 0.05) is 13.0 Å². The van der Waals surface area contributed by atoms with Crippen molar-refractivity contribution in [2.45, 2.75) is 39.2 Å². The monoisotopic (exact) mass is 331 g/mol. The van der Waals surface area contributed by atoms with Crippen LogP contribution in [-0.4, -0.2) is 31.4 Å². The second-order valence-electron chi connectivity index (χ2n) is 6.95. The Bertz CT molecular complexity index is 525. The van der Waals surface area contributed by atoms with Crippen LogP contribution in [0.4, 0.5) is 0 Å². The number of benzene rings is 1. The molecule has 0 aliphatic carbocycles. The first-order valence-electron chi connectivity index (χ1n) is 8.89. The molecule has 5 nitrogen and oxygen atoms in total. The average molecular weight is 331 g/mol. The number of nitrogens with one attached hydrogen (secondary N) is 3. The van der Waals surface area contributed by atoms with E-state index in [1.165, 1.54) is 6.42 Å². The van der Waals surface area contributed by atoms with Crippen molar-refractivity contribution in [3.63, 3.8) is 0 Å². The summed E-state index contributed by atoms with van der Waals surface area (Å²) < 4.78 is 0. The van der Waals surface area contributed by atoms with Gasteiger partial charge in [-0.2, -0.15) is 0 Å². The highest BCUT2D eigenvalue weighted by Crippen LogP contribution is 2.15. The van der Waals surface area contributed by atoms with Gasteiger partial charge < -0.3 is 16.0 Å². The van der Waals surface area contributed by atoms with Crippen LogP contribution in [-0.2, 0) is 9.59 Å². The molecule has 132 valence electrons. The van der Waals surface area contributed by atoms with Crippen LogP contribution in [0.25, 0.3) is 0 Å². The fourth-order valence-electron chi connectivity index (χ4n) is 3.00. The Kier molecular flexibility index (Phi) is 7.25. The van der Waals surface area contributed by atoms with E-state index in [4.69, 9.17) is 0 Å². The normalized spacial score (nSPS) is 18.4. The Morgan fingerprint density at radius 3 is 2.62 bits per heavy atom. The summed E-state index contributed by atoms with van der Waals surface area (Å²) in [6.07, 6.45) is 2.56. The maximum Gasteiger partial charge on any atom is 0.247 e. The molecule has 1 fully saturated rings. The molecule has 1 aromatic carbocycles. The third-order valence-corrected chi connectivity index (χ3v) is 4.31. The van der Waals surface area contributed by atoms with E-state index in [0.29, 0.717) is 18.9 Å². The van der Waals surface area contributed by atoms with Gasteiger partial charge in [-0.15, -0.1) is 0 Å². The smallest absolute Gasteiger partial charge is 0.247 e. The highest BCUT2D eigenvalue weighted by molar-refractivity contribution is 5.88. The van der Waals surface area contributed by atoms with Gasteiger partial charge in [0.25, 0.3) is 0 Å². The number of rotatable bonds is 8. The molecule has 0 saturated carbocycles. The van der Waals surface area contributed by atoms with E-state index in [1.807, 2.05) is 44.2 Å². The van der Waals surface area contributed by atoms with Crippen LogP contribution in [0.1, 0.15) is 44.7 Å². The minimum Gasteiger partial charge on any atom is -0.354 e. The molecule has 1 saturated heterocycles. The number of carbonyl (C=O) groups excluding carboxylic acids is 2. The molecule has 0 aromatic heterocycles. The summed E-state index contributed by atoms with van der Waals surface area (Å²) in [6, 6.07) is 8.80. The van der Waals surface area contributed by atoms with E-state index < -0.39 is 6.04 Å². The van der Waals surface area contributed by atoms with E-state index in [-0.39, 0.29) is 17.7 Å². The van der Waals surface area contributed by atoms with Gasteiger partial charge in [0.05, 0.1) is 0 Å². The lowest BCUT2D eigenvalue weighted by atomic mass is 10.0. The summed E-state index contributed by atoms with van der Waals surface area (Å²) in [5, 5.41) is 9.20. The SMILES string of the molecule is CC(C)CC(=O)NC(C(=O)NCCC1CCNC1)c1ccccc1. The van der Waals surface area contributed by atoms with Crippen molar-refractivity contribution in [3.05, 3.63) is 35.9 Å². The first-order valence-corrected chi connectivity index (χ1v) is 8.89. The number of hydrogen-bond acceptors (Lipinski definition) is 3. The van der Waals surface area contributed by atoms with Crippen molar-refractivity contribution >= 4 is 11.8 Å². The van der Waals surface area contributed by atoms with Crippen LogP contribution in [0.2, 0.25) is 0 Å². The molecule has 1 aliphatic rings. The molecule has 2 rings (SSSR count). The van der Waals surface area contributed by atoms with Gasteiger partial charge in [0.15, 0.2) is 0 Å². The zero-order chi connectivity index (χ0) is 17.4. The molecule has 0 bridgehead atoms. The first kappa shape index (κ1) is 18.5. The molecule has 2 amide bonds. The Morgan fingerprint density at radius 1 is 1.25 bits per heavy atom. The predicted molar refractivity (Wildman–Crippen MR) is 95.4 cm³/mol. The average Bonchev–Trinajstić information content (AvgIpc) is 3.06. The summed E-state index contributed by atoms with van der Waals surface area (Å²) in [5.74, 6) is 0.675. The molecule has 1 heterocycles. The van der Waals surface area contributed by atoms with E-state index in [0.717, 1.165) is 25.1 Å². The van der Waals surface area contributed by atoms with Crippen LogP contribution in [0.15, 0.2) is 30.3 Å². The van der Waals surface area contributed by atoms with Crippen LogP contribution in [0.5, 0.6) is 0 Å². The molecule has 5 heteroatoms. The second-order valence-corrected chi connectivity index (χ2v) is 6.95. The molecular formula is C19H29N3O2. The molecular weight excluding hydrogens is 302 g/mol. The molecule has 1 aliphatic heterocycles. The summed E-state index contributed by atoms with van der Waals surface area (Å²) >= 11 is 0. The number of carbonyl (C=O) groups is 2. The van der Waals surface area contributed by atoms with Crippen LogP contribution >= 0.6 is 0 Å². The van der Waals surface area contributed by atoms with Crippen LogP contribution in [0.3, 0.4) is 0 Å². The molecule has 0 radical (unpaired) electrons. The van der Waals surface area contributed by atoms with E-state index >= 15 is 0 Å². The number of hydrogen-bond donors (Lipinski definition) is 3. The van der Waals surface area contributed by atoms with Crippen molar-refractivity contribution in [2.24, 2.45) is 11.8 Å². The van der Waals surface area contributed by atoms with Crippen LogP contribution in [0, 0.1) is 11.8 Å². The standard InChI is InChI=1S/C19H29N3O2/c1-14(2)12-17(23)22-18(16-6-4-3-5-7-16)19(24)21-11-9-15-8-10-20-13-15/h3-7,14-15,18,20H,8-13H2,1-2H3,(H,21,24)(H,22,23). The fourth-order valence-corrected chi connectivity index (χ4v) is 3.00. The maximum atomic E-state index is 12.6. The Balaban J connectivity index is 1.93. The van der Waals surface area contributed by atoms with E-state index in [9.17, 15) is 9.59 Å². The lowest BCUT2D eigenvalue weighted by molar-refractivity contribution is -0.129. The van der Waals surface area contributed by atoms with Gasteiger partial charge >= 0.3 is 0 Å². The van der Waals surface area contributed by atoms with Gasteiger partial charge in [-0.05, 0) is 43.3 Å². The van der Waals surface area contributed by atoms with Crippen molar-refractivity contribution in [3.8, 4) is 0 Å². The summed E-state index contributed by atoms with van der Waals surface area (Å²) in [5.41, 5.74) is 0.814. The van der Waals surface area contributed by atoms with Gasteiger partial charge in [0.2, 0.25) is 11.8 Å². The lowest BCUT2D eigenvalue weighted by Gasteiger charge is -2.20. The van der Waals surface area contributed by atoms with E-state index in [1.54, 1.807) is 0 Å². The lowest BCUT2D eigenvalue weighted by Crippen LogP contribution is -2.41. The Labute approximate surface area is 144 Å². The summed E-state index contributed by atoms with van der Waals surface area (Å²) in [6.45, 7) is 6.73. The zero-order valence-electron chi connectivity index (χ0n) is 14.7. The third-order valence-electron chi connectivity index (χ3n) is 4.31. The molecule has 0 spiro atoms. The molecule has 2 unspecified atom stereocenters. The number of amides is 2. The third kappa shape index (κ3) is 5.96. The predicted octanol–water partition coefficient (Wildman–Crippen LogP) is 2.01. The van der Waals surface area contributed by atoms with Gasteiger partial charge in [-0.1, -0.05) is 44.2 Å². The highest BCUT2D eigenvalue weighted by Gasteiger charge is 2.23. The largest absolute Gasteiger partial charge is 0.354 e. The minimum atomic E-state index is -0.626. The summed E-state index contributed by atoms with van der Waals surface area (Å²) in [4.78, 5) is 24.7. The second kappa shape index (κ2) is 9.42. The van der Waals surface area contributed by atoms with Gasteiger partial charge in [-0.25, -0.2) is 0 Å². The topological polar surface area (TPSA) is 70.2 Å². The van der Waals surface area contributed by atoms with Gasteiger partial charge in [0.1, 0.15) is 6.04 Å². The highest BCUT2D eigenvalue weighted by atomic mass is 16.2. The Hall–Kier alpha value is -1.88. The zero-order valence-corrected chi connectivity index (χ0v) is 14.7. The molecule has 3 N–H and O–H groups in total. The van der Waals surface area contributed by atoms with Crippen molar-refractivity contribution in [2.75, 3.05) is 19.6 Å². The summed E-state index contributed by atoms with van der Waals surface area (Å²) in [7, 11) is 0. The quantitative estimate of drug-likeness (QED) is 0.682. The molecule has 2 atom stereocenters. The van der Waals surface area contributed by atoms with Crippen molar-refractivity contribution in [1.82, 2.24) is 16.0 Å². The van der Waals surface area contributed by atoms with E-state index in [2.05, 4.69) is 16.0 Å². The minimum absolute atomic E-state index is 0.0889. The van der Waals surface area contributed by atoms with Crippen molar-refractivity contribution < 1.29 is 9.59 Å². The first-order chi connectivity index (χ1) is 11.6. The Morgan fingerprint density at radius 2 is 2.00 bits per heavy atom.